The van der Waals surface area contributed by atoms with Crippen LogP contribution in [-0.4, -0.2) is 54.8 Å². The van der Waals surface area contributed by atoms with Gasteiger partial charge in [-0.25, -0.2) is 0 Å². The third-order valence-corrected chi connectivity index (χ3v) is 4.44. The number of likely N-dealkylation sites (N-methyl/N-ethyl adjacent to an activating group) is 1. The Kier molecular flexibility index (Phi) is 4.95. The smallest absolute Gasteiger partial charge is 0.261 e. The van der Waals surface area contributed by atoms with Crippen molar-refractivity contribution in [2.75, 3.05) is 27.2 Å². The Labute approximate surface area is 155 Å². The highest BCUT2D eigenvalue weighted by Gasteiger charge is 2.33. The summed E-state index contributed by atoms with van der Waals surface area (Å²) in [5.74, 6) is -0.329. The van der Waals surface area contributed by atoms with Crippen molar-refractivity contribution in [1.29, 1.82) is 0 Å². The largest absolute Gasteiger partial charge is 0.492 e. The van der Waals surface area contributed by atoms with E-state index in [4.69, 9.17) is 16.3 Å². The molecule has 0 unspecified atom stereocenters. The molecule has 1 aliphatic heterocycles. The van der Waals surface area contributed by atoms with Crippen LogP contribution in [0, 0.1) is 0 Å². The first-order valence-electron chi connectivity index (χ1n) is 7.99. The molecule has 7 heteroatoms. The van der Waals surface area contributed by atoms with Gasteiger partial charge in [0.25, 0.3) is 17.7 Å². The molecule has 3 amide bonds. The number of amides is 3. The number of fused-ring (bicyclic) bond motifs is 1. The molecule has 0 saturated carbocycles. The van der Waals surface area contributed by atoms with Gasteiger partial charge in [0.2, 0.25) is 0 Å². The Hall–Kier alpha value is -2.86. The van der Waals surface area contributed by atoms with Gasteiger partial charge in [-0.3, -0.25) is 19.3 Å². The summed E-state index contributed by atoms with van der Waals surface area (Å²) in [4.78, 5) is 39.1. The lowest BCUT2D eigenvalue weighted by molar-refractivity contribution is 0.0692. The highest BCUT2D eigenvalue weighted by molar-refractivity contribution is 6.30. The van der Waals surface area contributed by atoms with Gasteiger partial charge in [0.1, 0.15) is 12.4 Å². The molecule has 6 nitrogen and oxygen atoms in total. The van der Waals surface area contributed by atoms with E-state index >= 15 is 0 Å². The standard InChI is InChI=1S/C19H17ClN2O4/c1-21(9-10-26-14-6-4-13(20)5-7-14)17(23)12-3-8-15-16(11-12)19(25)22(2)18(15)24/h3-8,11H,9-10H2,1-2H3. The number of carbonyl (C=O) groups excluding carboxylic acids is 3. The van der Waals surface area contributed by atoms with Gasteiger partial charge >= 0.3 is 0 Å². The lowest BCUT2D eigenvalue weighted by Crippen LogP contribution is -2.31. The Morgan fingerprint density at radius 3 is 2.42 bits per heavy atom. The highest BCUT2D eigenvalue weighted by atomic mass is 35.5. The van der Waals surface area contributed by atoms with Gasteiger partial charge in [-0.15, -0.1) is 0 Å². The summed E-state index contributed by atoms with van der Waals surface area (Å²) in [6.45, 7) is 0.681. The van der Waals surface area contributed by atoms with E-state index < -0.39 is 5.91 Å². The molecule has 0 radical (unpaired) electrons. The lowest BCUT2D eigenvalue weighted by atomic mass is 10.1. The average Bonchev–Trinajstić information content (AvgIpc) is 2.86. The maximum atomic E-state index is 12.5. The number of ether oxygens (including phenoxy) is 1. The molecule has 1 aliphatic rings. The Bertz CT molecular complexity index is 880. The van der Waals surface area contributed by atoms with Crippen molar-refractivity contribution < 1.29 is 19.1 Å². The van der Waals surface area contributed by atoms with E-state index in [1.807, 2.05) is 0 Å². The molecule has 0 saturated heterocycles. The molecule has 26 heavy (non-hydrogen) atoms. The second-order valence-corrected chi connectivity index (χ2v) is 6.40. The summed E-state index contributed by atoms with van der Waals surface area (Å²) >= 11 is 5.82. The molecule has 0 bridgehead atoms. The van der Waals surface area contributed by atoms with Crippen molar-refractivity contribution in [2.45, 2.75) is 0 Å². The normalized spacial score (nSPS) is 13.0. The number of imide groups is 1. The molecule has 0 aromatic heterocycles. The summed E-state index contributed by atoms with van der Waals surface area (Å²) in [5, 5.41) is 0.625. The van der Waals surface area contributed by atoms with Gasteiger partial charge < -0.3 is 9.64 Å². The van der Waals surface area contributed by atoms with Crippen LogP contribution >= 0.6 is 11.6 Å². The molecule has 134 valence electrons. The van der Waals surface area contributed by atoms with Crippen molar-refractivity contribution >= 4 is 29.3 Å². The molecule has 1 heterocycles. The fraction of sp³-hybridized carbons (Fsp3) is 0.211. The summed E-state index contributed by atoms with van der Waals surface area (Å²) < 4.78 is 5.58. The van der Waals surface area contributed by atoms with Gasteiger partial charge in [0.05, 0.1) is 17.7 Å². The fourth-order valence-corrected chi connectivity index (χ4v) is 2.77. The van der Waals surface area contributed by atoms with Crippen molar-refractivity contribution in [3.63, 3.8) is 0 Å². The molecule has 3 rings (SSSR count). The zero-order valence-corrected chi connectivity index (χ0v) is 15.1. The Balaban J connectivity index is 1.63. The predicted octanol–water partition coefficient (Wildman–Crippen LogP) is 2.72. The van der Waals surface area contributed by atoms with Crippen LogP contribution in [0.5, 0.6) is 5.75 Å². The highest BCUT2D eigenvalue weighted by Crippen LogP contribution is 2.23. The topological polar surface area (TPSA) is 66.9 Å². The first kappa shape index (κ1) is 17.9. The molecule has 0 fully saturated rings. The summed E-state index contributed by atoms with van der Waals surface area (Å²) in [5.41, 5.74) is 0.936. The fourth-order valence-electron chi connectivity index (χ4n) is 2.65. The van der Waals surface area contributed by atoms with Crippen LogP contribution in [0.4, 0.5) is 0 Å². The Morgan fingerprint density at radius 2 is 1.73 bits per heavy atom. The molecule has 0 aliphatic carbocycles. The van der Waals surface area contributed by atoms with Crippen molar-refractivity contribution in [2.24, 2.45) is 0 Å². The van der Waals surface area contributed by atoms with Crippen molar-refractivity contribution in [3.05, 3.63) is 64.2 Å². The monoisotopic (exact) mass is 372 g/mol. The average molecular weight is 373 g/mol. The van der Waals surface area contributed by atoms with Crippen LogP contribution in [0.1, 0.15) is 31.1 Å². The summed E-state index contributed by atoms with van der Waals surface area (Å²) in [6.07, 6.45) is 0. The molecule has 2 aromatic rings. The first-order chi connectivity index (χ1) is 12.4. The summed E-state index contributed by atoms with van der Waals surface area (Å²) in [6, 6.07) is 11.5. The molecular formula is C19H17ClN2O4. The third-order valence-electron chi connectivity index (χ3n) is 4.19. The summed E-state index contributed by atoms with van der Waals surface area (Å²) in [7, 11) is 3.08. The maximum Gasteiger partial charge on any atom is 0.261 e. The van der Waals surface area contributed by atoms with Crippen LogP contribution < -0.4 is 4.74 Å². The van der Waals surface area contributed by atoms with E-state index in [1.165, 1.54) is 24.1 Å². The maximum absolute atomic E-state index is 12.5. The molecule has 0 spiro atoms. The van der Waals surface area contributed by atoms with Gasteiger partial charge in [-0.2, -0.15) is 0 Å². The van der Waals surface area contributed by atoms with Crippen LogP contribution in [0.15, 0.2) is 42.5 Å². The molecule has 0 atom stereocenters. The second kappa shape index (κ2) is 7.17. The van der Waals surface area contributed by atoms with Crippen LogP contribution in [0.25, 0.3) is 0 Å². The number of nitrogens with zero attached hydrogens (tertiary/aromatic N) is 2. The molecule has 0 N–H and O–H groups in total. The van der Waals surface area contributed by atoms with Gasteiger partial charge in [0, 0.05) is 24.7 Å². The lowest BCUT2D eigenvalue weighted by Gasteiger charge is -2.18. The Morgan fingerprint density at radius 1 is 1.08 bits per heavy atom. The van der Waals surface area contributed by atoms with Crippen molar-refractivity contribution in [1.82, 2.24) is 9.80 Å². The molecular weight excluding hydrogens is 356 g/mol. The second-order valence-electron chi connectivity index (χ2n) is 5.96. The van der Waals surface area contributed by atoms with Gasteiger partial charge in [0.15, 0.2) is 0 Å². The van der Waals surface area contributed by atoms with Crippen LogP contribution in [0.2, 0.25) is 5.02 Å². The molecule has 2 aromatic carbocycles. The van der Waals surface area contributed by atoms with E-state index in [0.717, 1.165) is 4.90 Å². The number of carbonyl (C=O) groups is 3. The van der Waals surface area contributed by atoms with E-state index in [2.05, 4.69) is 0 Å². The van der Waals surface area contributed by atoms with Crippen LogP contribution in [0.3, 0.4) is 0 Å². The van der Waals surface area contributed by atoms with E-state index in [-0.39, 0.29) is 17.4 Å². The van der Waals surface area contributed by atoms with Crippen LogP contribution in [-0.2, 0) is 0 Å². The first-order valence-corrected chi connectivity index (χ1v) is 8.36. The number of benzene rings is 2. The van der Waals surface area contributed by atoms with E-state index in [1.54, 1.807) is 37.4 Å². The van der Waals surface area contributed by atoms with E-state index in [0.29, 0.717) is 35.1 Å². The third kappa shape index (κ3) is 3.41. The minimum Gasteiger partial charge on any atom is -0.492 e. The quantitative estimate of drug-likeness (QED) is 0.757. The number of hydrogen-bond donors (Lipinski definition) is 0. The number of hydrogen-bond acceptors (Lipinski definition) is 4. The minimum absolute atomic E-state index is 0.248. The number of halogens is 1. The number of rotatable bonds is 5. The predicted molar refractivity (Wildman–Crippen MR) is 96.8 cm³/mol. The van der Waals surface area contributed by atoms with Gasteiger partial charge in [-0.05, 0) is 42.5 Å². The zero-order valence-electron chi connectivity index (χ0n) is 14.4. The van der Waals surface area contributed by atoms with Crippen molar-refractivity contribution in [3.8, 4) is 5.75 Å². The SMILES string of the molecule is CN(CCOc1ccc(Cl)cc1)C(=O)c1ccc2c(c1)C(=O)N(C)C2=O. The van der Waals surface area contributed by atoms with Gasteiger partial charge in [-0.1, -0.05) is 11.6 Å². The minimum atomic E-state index is -0.395. The zero-order chi connectivity index (χ0) is 18.8. The van der Waals surface area contributed by atoms with E-state index in [9.17, 15) is 14.4 Å².